The molecule has 2 aromatic heterocycles. The van der Waals surface area contributed by atoms with Gasteiger partial charge >= 0.3 is 0 Å². The molecule has 1 fully saturated rings. The fourth-order valence-electron chi connectivity index (χ4n) is 3.96. The Bertz CT molecular complexity index is 1070. The highest BCUT2D eigenvalue weighted by Gasteiger charge is 2.26. The molecule has 0 N–H and O–H groups in total. The predicted molar refractivity (Wildman–Crippen MR) is 121 cm³/mol. The Kier molecular flexibility index (Phi) is 6.44. The highest BCUT2D eigenvalue weighted by Crippen LogP contribution is 2.20. The van der Waals surface area contributed by atoms with Crippen molar-refractivity contribution in [3.8, 4) is 0 Å². The van der Waals surface area contributed by atoms with Crippen molar-refractivity contribution in [2.24, 2.45) is 0 Å². The largest absolute Gasteiger partial charge is 0.353 e. The molecule has 0 bridgehead atoms. The topological polar surface area (TPSA) is 97.4 Å². The van der Waals surface area contributed by atoms with Crippen molar-refractivity contribution < 1.29 is 9.72 Å². The number of nitrogens with zero attached hydrogens (tertiary/aromatic N) is 6. The van der Waals surface area contributed by atoms with Crippen molar-refractivity contribution >= 4 is 17.4 Å². The van der Waals surface area contributed by atoms with Gasteiger partial charge in [0.05, 0.1) is 28.9 Å². The Morgan fingerprint density at radius 3 is 2.44 bits per heavy atom. The van der Waals surface area contributed by atoms with Gasteiger partial charge in [0, 0.05) is 32.2 Å². The number of aromatic nitrogens is 3. The number of rotatable bonds is 7. The van der Waals surface area contributed by atoms with Crippen LogP contribution in [0.5, 0.6) is 0 Å². The first-order valence-corrected chi connectivity index (χ1v) is 10.8. The van der Waals surface area contributed by atoms with Crippen LogP contribution in [0.3, 0.4) is 0 Å². The first-order chi connectivity index (χ1) is 15.6. The Balaban J connectivity index is 1.44. The molecule has 3 heterocycles. The van der Waals surface area contributed by atoms with Gasteiger partial charge in [0.15, 0.2) is 0 Å². The van der Waals surface area contributed by atoms with Crippen molar-refractivity contribution in [1.29, 1.82) is 0 Å². The number of amides is 1. The second kappa shape index (κ2) is 9.59. The van der Waals surface area contributed by atoms with Gasteiger partial charge in [0.2, 0.25) is 0 Å². The quantitative estimate of drug-likeness (QED) is 0.419. The van der Waals surface area contributed by atoms with Gasteiger partial charge in [0.1, 0.15) is 12.0 Å². The summed E-state index contributed by atoms with van der Waals surface area (Å²) in [7, 11) is 0. The monoisotopic (exact) mass is 434 g/mol. The molecule has 166 valence electrons. The SMILES string of the molecule is CCCc1c(C(=O)N2CCN(c3ccc([N+](=O)[O-])cn3)CC2)cnn1Cc1ccccc1. The lowest BCUT2D eigenvalue weighted by molar-refractivity contribution is -0.385. The lowest BCUT2D eigenvalue weighted by atomic mass is 10.1. The second-order valence-corrected chi connectivity index (χ2v) is 7.81. The van der Waals surface area contributed by atoms with E-state index in [1.54, 1.807) is 12.3 Å². The zero-order chi connectivity index (χ0) is 22.5. The molecule has 0 radical (unpaired) electrons. The van der Waals surface area contributed by atoms with Crippen LogP contribution in [0, 0.1) is 10.1 Å². The summed E-state index contributed by atoms with van der Waals surface area (Å²) < 4.78 is 1.93. The highest BCUT2D eigenvalue weighted by atomic mass is 16.6. The molecular weight excluding hydrogens is 408 g/mol. The Morgan fingerprint density at radius 2 is 1.81 bits per heavy atom. The molecule has 0 atom stereocenters. The van der Waals surface area contributed by atoms with Crippen molar-refractivity contribution in [2.75, 3.05) is 31.1 Å². The summed E-state index contributed by atoms with van der Waals surface area (Å²) in [5.41, 5.74) is 2.76. The third kappa shape index (κ3) is 4.61. The minimum atomic E-state index is -0.459. The summed E-state index contributed by atoms with van der Waals surface area (Å²) >= 11 is 0. The lowest BCUT2D eigenvalue weighted by Crippen LogP contribution is -2.49. The summed E-state index contributed by atoms with van der Waals surface area (Å²) in [5.74, 6) is 0.689. The molecule has 1 aliphatic rings. The summed E-state index contributed by atoms with van der Waals surface area (Å²) in [6.45, 7) is 5.11. The van der Waals surface area contributed by atoms with Crippen molar-refractivity contribution in [2.45, 2.75) is 26.3 Å². The van der Waals surface area contributed by atoms with Crippen LogP contribution in [0.4, 0.5) is 11.5 Å². The number of pyridine rings is 1. The van der Waals surface area contributed by atoms with E-state index in [4.69, 9.17) is 0 Å². The van der Waals surface area contributed by atoms with Crippen LogP contribution < -0.4 is 4.90 Å². The molecule has 1 aromatic carbocycles. The summed E-state index contributed by atoms with van der Waals surface area (Å²) in [5, 5.41) is 15.3. The zero-order valence-electron chi connectivity index (χ0n) is 18.1. The molecule has 3 aromatic rings. The number of carbonyl (C=O) groups excluding carboxylic acids is 1. The number of hydrogen-bond donors (Lipinski definition) is 0. The molecule has 1 aliphatic heterocycles. The third-order valence-corrected chi connectivity index (χ3v) is 5.68. The van der Waals surface area contributed by atoms with E-state index < -0.39 is 4.92 Å². The molecule has 4 rings (SSSR count). The molecule has 32 heavy (non-hydrogen) atoms. The fraction of sp³-hybridized carbons (Fsp3) is 0.348. The van der Waals surface area contributed by atoms with Gasteiger partial charge in [-0.3, -0.25) is 19.6 Å². The molecular formula is C23H26N6O3. The van der Waals surface area contributed by atoms with Gasteiger partial charge in [0.25, 0.3) is 11.6 Å². The number of benzene rings is 1. The fourth-order valence-corrected chi connectivity index (χ4v) is 3.96. The van der Waals surface area contributed by atoms with Crippen LogP contribution in [0.25, 0.3) is 0 Å². The summed E-state index contributed by atoms with van der Waals surface area (Å²) in [4.78, 5) is 31.7. The second-order valence-electron chi connectivity index (χ2n) is 7.81. The maximum absolute atomic E-state index is 13.3. The van der Waals surface area contributed by atoms with Crippen LogP contribution in [-0.4, -0.2) is 56.7 Å². The summed E-state index contributed by atoms with van der Waals surface area (Å²) in [6, 6.07) is 13.2. The van der Waals surface area contributed by atoms with Gasteiger partial charge in [-0.05, 0) is 18.1 Å². The van der Waals surface area contributed by atoms with E-state index >= 15 is 0 Å². The molecule has 0 saturated carbocycles. The van der Waals surface area contributed by atoms with E-state index in [1.165, 1.54) is 12.3 Å². The first-order valence-electron chi connectivity index (χ1n) is 10.8. The molecule has 0 unspecified atom stereocenters. The maximum Gasteiger partial charge on any atom is 0.287 e. The molecule has 9 nitrogen and oxygen atoms in total. The molecule has 1 amide bonds. The normalized spacial score (nSPS) is 13.9. The number of hydrogen-bond acceptors (Lipinski definition) is 6. The van der Waals surface area contributed by atoms with Gasteiger partial charge < -0.3 is 9.80 Å². The van der Waals surface area contributed by atoms with E-state index in [2.05, 4.69) is 29.1 Å². The zero-order valence-corrected chi connectivity index (χ0v) is 18.1. The van der Waals surface area contributed by atoms with Gasteiger partial charge in [-0.2, -0.15) is 5.10 Å². The Labute approximate surface area is 186 Å². The predicted octanol–water partition coefficient (Wildman–Crippen LogP) is 3.15. The molecule has 0 spiro atoms. The van der Waals surface area contributed by atoms with Crippen molar-refractivity contribution in [1.82, 2.24) is 19.7 Å². The number of nitro groups is 1. The number of anilines is 1. The van der Waals surface area contributed by atoms with E-state index in [9.17, 15) is 14.9 Å². The molecule has 1 saturated heterocycles. The Morgan fingerprint density at radius 1 is 1.06 bits per heavy atom. The Hall–Kier alpha value is -3.75. The average Bonchev–Trinajstić information content (AvgIpc) is 3.22. The third-order valence-electron chi connectivity index (χ3n) is 5.68. The minimum Gasteiger partial charge on any atom is -0.353 e. The van der Waals surface area contributed by atoms with E-state index in [1.807, 2.05) is 32.7 Å². The van der Waals surface area contributed by atoms with E-state index in [0.29, 0.717) is 44.1 Å². The van der Waals surface area contributed by atoms with Crippen LogP contribution >= 0.6 is 0 Å². The van der Waals surface area contributed by atoms with Gasteiger partial charge in [-0.15, -0.1) is 0 Å². The van der Waals surface area contributed by atoms with E-state index in [-0.39, 0.29) is 11.6 Å². The number of carbonyl (C=O) groups is 1. The lowest BCUT2D eigenvalue weighted by Gasteiger charge is -2.35. The van der Waals surface area contributed by atoms with Crippen molar-refractivity contribution in [3.63, 3.8) is 0 Å². The molecule has 0 aliphatic carbocycles. The van der Waals surface area contributed by atoms with Crippen LogP contribution in [0.2, 0.25) is 0 Å². The number of piperazine rings is 1. The maximum atomic E-state index is 13.3. The average molecular weight is 435 g/mol. The van der Waals surface area contributed by atoms with Gasteiger partial charge in [-0.1, -0.05) is 43.7 Å². The first kappa shape index (κ1) is 21.5. The highest BCUT2D eigenvalue weighted by molar-refractivity contribution is 5.95. The molecule has 9 heteroatoms. The van der Waals surface area contributed by atoms with Crippen LogP contribution in [0.1, 0.15) is 35.0 Å². The van der Waals surface area contributed by atoms with E-state index in [0.717, 1.165) is 24.1 Å². The smallest absolute Gasteiger partial charge is 0.287 e. The van der Waals surface area contributed by atoms with Crippen molar-refractivity contribution in [3.05, 3.63) is 81.8 Å². The van der Waals surface area contributed by atoms with Crippen LogP contribution in [0.15, 0.2) is 54.9 Å². The van der Waals surface area contributed by atoms with Gasteiger partial charge in [-0.25, -0.2) is 4.98 Å². The minimum absolute atomic E-state index is 0.00377. The van der Waals surface area contributed by atoms with Crippen LogP contribution in [-0.2, 0) is 13.0 Å². The standard InChI is InChI=1S/C23H26N6O3/c1-2-6-21-20(16-25-28(21)17-18-7-4-3-5-8-18)23(30)27-13-11-26(12-14-27)22-10-9-19(15-24-22)29(31)32/h3-5,7-10,15-16H,2,6,11-14,17H2,1H3. The summed E-state index contributed by atoms with van der Waals surface area (Å²) in [6.07, 6.45) is 4.69.